The van der Waals surface area contributed by atoms with Crippen LogP contribution < -0.4 is 10.1 Å². The molecule has 0 atom stereocenters. The molecule has 2 N–H and O–H groups in total. The van der Waals surface area contributed by atoms with Gasteiger partial charge < -0.3 is 20.1 Å². The predicted molar refractivity (Wildman–Crippen MR) is 95.7 cm³/mol. The van der Waals surface area contributed by atoms with Crippen LogP contribution in [-0.4, -0.2) is 54.0 Å². The Hall–Kier alpha value is -2.57. The number of aliphatic carboxylic acids is 1. The number of rotatable bonds is 9. The Balaban J connectivity index is 1.62. The van der Waals surface area contributed by atoms with Crippen molar-refractivity contribution in [3.05, 3.63) is 30.3 Å². The standard InChI is InChI=1S/C19H26N2O5/c22-17(14-26-16-6-2-1-3-7-16)21-12-9-15(10-13-21)19(25)20-11-5-4-8-18(23)24/h1-3,6-7,15H,4-5,8-14H2,(H,20,25)(H,23,24). The molecule has 0 saturated carbocycles. The van der Waals surface area contributed by atoms with E-state index in [4.69, 9.17) is 9.84 Å². The van der Waals surface area contributed by atoms with Gasteiger partial charge in [0.1, 0.15) is 5.75 Å². The number of amides is 2. The molecule has 1 heterocycles. The van der Waals surface area contributed by atoms with Gasteiger partial charge >= 0.3 is 5.97 Å². The molecule has 1 saturated heterocycles. The van der Waals surface area contributed by atoms with Gasteiger partial charge in [0, 0.05) is 32.0 Å². The summed E-state index contributed by atoms with van der Waals surface area (Å²) in [6.45, 7) is 1.60. The number of carbonyl (C=O) groups is 3. The maximum Gasteiger partial charge on any atom is 0.303 e. The first-order valence-corrected chi connectivity index (χ1v) is 9.01. The highest BCUT2D eigenvalue weighted by molar-refractivity contribution is 5.80. The molecule has 0 unspecified atom stereocenters. The monoisotopic (exact) mass is 362 g/mol. The van der Waals surface area contributed by atoms with Crippen molar-refractivity contribution < 1.29 is 24.2 Å². The van der Waals surface area contributed by atoms with Crippen LogP contribution >= 0.6 is 0 Å². The zero-order valence-electron chi connectivity index (χ0n) is 14.9. The highest BCUT2D eigenvalue weighted by Crippen LogP contribution is 2.18. The van der Waals surface area contributed by atoms with Gasteiger partial charge in [-0.2, -0.15) is 0 Å². The number of piperidine rings is 1. The van der Waals surface area contributed by atoms with Gasteiger partial charge in [0.25, 0.3) is 5.91 Å². The van der Waals surface area contributed by atoms with Crippen LogP contribution in [0.5, 0.6) is 5.75 Å². The SMILES string of the molecule is O=C(O)CCCCNC(=O)C1CCN(C(=O)COc2ccccc2)CC1. The largest absolute Gasteiger partial charge is 0.484 e. The van der Waals surface area contributed by atoms with Crippen molar-refractivity contribution in [1.82, 2.24) is 10.2 Å². The number of carbonyl (C=O) groups excluding carboxylic acids is 2. The molecule has 7 heteroatoms. The summed E-state index contributed by atoms with van der Waals surface area (Å²) >= 11 is 0. The van der Waals surface area contributed by atoms with E-state index >= 15 is 0 Å². The predicted octanol–water partition coefficient (Wildman–Crippen LogP) is 1.68. The summed E-state index contributed by atoms with van der Waals surface area (Å²) in [5, 5.41) is 11.4. The summed E-state index contributed by atoms with van der Waals surface area (Å²) in [4.78, 5) is 36.5. The highest BCUT2D eigenvalue weighted by Gasteiger charge is 2.27. The number of carboxylic acid groups (broad SMARTS) is 1. The molecular weight excluding hydrogens is 336 g/mol. The first-order valence-electron chi connectivity index (χ1n) is 9.01. The molecule has 0 aliphatic carbocycles. The summed E-state index contributed by atoms with van der Waals surface area (Å²) in [5.41, 5.74) is 0. The quantitative estimate of drug-likeness (QED) is 0.652. The van der Waals surface area contributed by atoms with E-state index in [-0.39, 0.29) is 30.8 Å². The second-order valence-corrected chi connectivity index (χ2v) is 6.40. The number of benzene rings is 1. The summed E-state index contributed by atoms with van der Waals surface area (Å²) in [7, 11) is 0. The molecule has 1 aromatic carbocycles. The lowest BCUT2D eigenvalue weighted by molar-refractivity contribution is -0.137. The number of nitrogens with one attached hydrogen (secondary N) is 1. The molecule has 2 amide bonds. The van der Waals surface area contributed by atoms with Crippen molar-refractivity contribution >= 4 is 17.8 Å². The van der Waals surface area contributed by atoms with Gasteiger partial charge in [0.2, 0.25) is 5.91 Å². The van der Waals surface area contributed by atoms with Crippen LogP contribution in [0.4, 0.5) is 0 Å². The number of carboxylic acids is 1. The fourth-order valence-corrected chi connectivity index (χ4v) is 2.90. The van der Waals surface area contributed by atoms with Gasteiger partial charge in [-0.1, -0.05) is 18.2 Å². The lowest BCUT2D eigenvalue weighted by Crippen LogP contribution is -2.44. The second kappa shape index (κ2) is 10.4. The van der Waals surface area contributed by atoms with Crippen LogP contribution in [0.2, 0.25) is 0 Å². The Labute approximate surface area is 153 Å². The molecule has 0 spiro atoms. The lowest BCUT2D eigenvalue weighted by Gasteiger charge is -2.31. The number of para-hydroxylation sites is 1. The summed E-state index contributed by atoms with van der Waals surface area (Å²) < 4.78 is 5.48. The van der Waals surface area contributed by atoms with Gasteiger partial charge in [-0.25, -0.2) is 0 Å². The Bertz CT molecular complexity index is 597. The molecule has 0 bridgehead atoms. The first-order chi connectivity index (χ1) is 12.6. The zero-order chi connectivity index (χ0) is 18.8. The van der Waals surface area contributed by atoms with Gasteiger partial charge in [0.15, 0.2) is 6.61 Å². The van der Waals surface area contributed by atoms with E-state index in [1.807, 2.05) is 18.2 Å². The Kier molecular flexibility index (Phi) is 7.92. The third-order valence-corrected chi connectivity index (χ3v) is 4.44. The van der Waals surface area contributed by atoms with Crippen molar-refractivity contribution in [1.29, 1.82) is 0 Å². The van der Waals surface area contributed by atoms with Crippen LogP contribution in [0.25, 0.3) is 0 Å². The van der Waals surface area contributed by atoms with E-state index in [0.29, 0.717) is 51.1 Å². The minimum atomic E-state index is -0.815. The third kappa shape index (κ3) is 6.74. The molecular formula is C19H26N2O5. The van der Waals surface area contributed by atoms with Gasteiger partial charge in [0.05, 0.1) is 0 Å². The molecule has 1 aliphatic rings. The first kappa shape index (κ1) is 19.8. The van der Waals surface area contributed by atoms with Crippen molar-refractivity contribution in [2.75, 3.05) is 26.2 Å². The molecule has 7 nitrogen and oxygen atoms in total. The molecule has 1 aromatic rings. The molecule has 0 radical (unpaired) electrons. The van der Waals surface area contributed by atoms with Crippen LogP contribution in [-0.2, 0) is 14.4 Å². The highest BCUT2D eigenvalue weighted by atomic mass is 16.5. The smallest absolute Gasteiger partial charge is 0.303 e. The van der Waals surface area contributed by atoms with E-state index < -0.39 is 5.97 Å². The fraction of sp³-hybridized carbons (Fsp3) is 0.526. The maximum atomic E-state index is 12.2. The topological polar surface area (TPSA) is 95.9 Å². The number of hydrogen-bond acceptors (Lipinski definition) is 4. The molecule has 1 aliphatic heterocycles. The Morgan fingerprint density at radius 3 is 2.46 bits per heavy atom. The van der Waals surface area contributed by atoms with Crippen molar-refractivity contribution in [3.63, 3.8) is 0 Å². The average molecular weight is 362 g/mol. The van der Waals surface area contributed by atoms with E-state index in [2.05, 4.69) is 5.32 Å². The van der Waals surface area contributed by atoms with E-state index in [0.717, 1.165) is 0 Å². The van der Waals surface area contributed by atoms with Crippen LogP contribution in [0.1, 0.15) is 32.1 Å². The minimum Gasteiger partial charge on any atom is -0.484 e. The normalized spacial score (nSPS) is 14.7. The number of ether oxygens (including phenoxy) is 1. The van der Waals surface area contributed by atoms with Crippen molar-refractivity contribution in [3.8, 4) is 5.75 Å². The van der Waals surface area contributed by atoms with Crippen LogP contribution in [0.3, 0.4) is 0 Å². The Morgan fingerprint density at radius 2 is 1.81 bits per heavy atom. The number of likely N-dealkylation sites (tertiary alicyclic amines) is 1. The molecule has 2 rings (SSSR count). The van der Waals surface area contributed by atoms with Gasteiger partial charge in [-0.3, -0.25) is 14.4 Å². The van der Waals surface area contributed by atoms with Crippen molar-refractivity contribution in [2.24, 2.45) is 5.92 Å². The number of nitrogens with zero attached hydrogens (tertiary/aromatic N) is 1. The molecule has 1 fully saturated rings. The van der Waals surface area contributed by atoms with E-state index in [1.165, 1.54) is 0 Å². The summed E-state index contributed by atoms with van der Waals surface area (Å²) in [6.07, 6.45) is 2.62. The molecule has 0 aromatic heterocycles. The molecule has 142 valence electrons. The minimum absolute atomic E-state index is 0.00442. The molecule has 26 heavy (non-hydrogen) atoms. The second-order valence-electron chi connectivity index (χ2n) is 6.40. The summed E-state index contributed by atoms with van der Waals surface area (Å²) in [5.74, 6) is -0.314. The maximum absolute atomic E-state index is 12.2. The Morgan fingerprint density at radius 1 is 1.12 bits per heavy atom. The lowest BCUT2D eigenvalue weighted by atomic mass is 9.96. The van der Waals surface area contributed by atoms with Crippen LogP contribution in [0.15, 0.2) is 30.3 Å². The van der Waals surface area contributed by atoms with Gasteiger partial charge in [-0.15, -0.1) is 0 Å². The third-order valence-electron chi connectivity index (χ3n) is 4.44. The number of hydrogen-bond donors (Lipinski definition) is 2. The van der Waals surface area contributed by atoms with Crippen molar-refractivity contribution in [2.45, 2.75) is 32.1 Å². The average Bonchev–Trinajstić information content (AvgIpc) is 2.66. The zero-order valence-corrected chi connectivity index (χ0v) is 14.9. The summed E-state index contributed by atoms with van der Waals surface area (Å²) in [6, 6.07) is 9.20. The van der Waals surface area contributed by atoms with Gasteiger partial charge in [-0.05, 0) is 37.8 Å². The van der Waals surface area contributed by atoms with E-state index in [9.17, 15) is 14.4 Å². The fourth-order valence-electron chi connectivity index (χ4n) is 2.90. The van der Waals surface area contributed by atoms with E-state index in [1.54, 1.807) is 17.0 Å². The van der Waals surface area contributed by atoms with Crippen LogP contribution in [0, 0.1) is 5.92 Å². The number of unbranched alkanes of at least 4 members (excludes halogenated alkanes) is 1.